The zero-order valence-corrected chi connectivity index (χ0v) is 29.0. The molecule has 10 heteroatoms. The third-order valence-electron chi connectivity index (χ3n) is 6.46. The molecule has 0 aliphatic rings. The summed E-state index contributed by atoms with van der Waals surface area (Å²) < 4.78 is 33.4. The molecule has 0 aromatic rings. The number of quaternary nitrogens is 1. The van der Waals surface area contributed by atoms with Crippen molar-refractivity contribution in [2.24, 2.45) is 0 Å². The van der Waals surface area contributed by atoms with Crippen LogP contribution < -0.4 is 4.89 Å². The van der Waals surface area contributed by atoms with Crippen molar-refractivity contribution >= 4 is 19.8 Å². The van der Waals surface area contributed by atoms with Gasteiger partial charge in [-0.2, -0.15) is 0 Å². The van der Waals surface area contributed by atoms with E-state index in [0.29, 0.717) is 17.4 Å². The SMILES string of the molecule is CC/C=C/C=C/C=C/C=C/CCCCCC(=O)OC(COC(=O)CCCCCCCCC)COP(=O)([O-])OCC[N+](C)(C)C. The Morgan fingerprint density at radius 3 is 1.93 bits per heavy atom. The number of unbranched alkanes of at least 4 members (excludes halogenated alkanes) is 9. The molecule has 0 aliphatic heterocycles. The zero-order chi connectivity index (χ0) is 32.9. The van der Waals surface area contributed by atoms with Gasteiger partial charge in [0.2, 0.25) is 0 Å². The summed E-state index contributed by atoms with van der Waals surface area (Å²) in [5.41, 5.74) is 0. The molecule has 0 heterocycles. The molecular weight excluding hydrogens is 581 g/mol. The number of allylic oxidation sites excluding steroid dienone is 8. The molecule has 2 atom stereocenters. The van der Waals surface area contributed by atoms with Crippen LogP contribution in [-0.4, -0.2) is 70.0 Å². The van der Waals surface area contributed by atoms with Gasteiger partial charge in [-0.3, -0.25) is 14.2 Å². The minimum atomic E-state index is -4.62. The highest BCUT2D eigenvalue weighted by atomic mass is 31.2. The van der Waals surface area contributed by atoms with Crippen molar-refractivity contribution in [2.45, 2.75) is 110 Å². The summed E-state index contributed by atoms with van der Waals surface area (Å²) in [6.45, 7) is 3.93. The summed E-state index contributed by atoms with van der Waals surface area (Å²) in [5.74, 6) is -0.896. The first-order valence-electron chi connectivity index (χ1n) is 16.4. The number of rotatable bonds is 28. The van der Waals surface area contributed by atoms with E-state index in [2.05, 4.69) is 26.0 Å². The number of ether oxygens (including phenoxy) is 2. The van der Waals surface area contributed by atoms with Crippen molar-refractivity contribution in [1.29, 1.82) is 0 Å². The minimum Gasteiger partial charge on any atom is -0.756 e. The van der Waals surface area contributed by atoms with Crippen LogP contribution in [0.2, 0.25) is 0 Å². The van der Waals surface area contributed by atoms with Crippen LogP contribution in [0, 0.1) is 0 Å². The maximum Gasteiger partial charge on any atom is 0.306 e. The fourth-order valence-electron chi connectivity index (χ4n) is 3.84. The highest BCUT2D eigenvalue weighted by Crippen LogP contribution is 2.38. The number of hydrogen-bond donors (Lipinski definition) is 0. The summed E-state index contributed by atoms with van der Waals surface area (Å²) >= 11 is 0. The Hall–Kier alpha value is -2.03. The number of likely N-dealkylation sites (N-methyl/N-ethyl adjacent to an activating group) is 1. The molecule has 0 aromatic heterocycles. The van der Waals surface area contributed by atoms with E-state index in [9.17, 15) is 19.0 Å². The predicted molar refractivity (Wildman–Crippen MR) is 176 cm³/mol. The quantitative estimate of drug-likeness (QED) is 0.0286. The third-order valence-corrected chi connectivity index (χ3v) is 7.42. The third kappa shape index (κ3) is 30.0. The van der Waals surface area contributed by atoms with Gasteiger partial charge in [0.15, 0.2) is 6.10 Å². The Labute approximate surface area is 267 Å². The Kier molecular flexibility index (Phi) is 26.0. The normalized spacial score (nSPS) is 14.6. The predicted octanol–water partition coefficient (Wildman–Crippen LogP) is 7.38. The van der Waals surface area contributed by atoms with Crippen molar-refractivity contribution < 1.29 is 42.1 Å². The Balaban J connectivity index is 4.61. The molecule has 9 nitrogen and oxygen atoms in total. The van der Waals surface area contributed by atoms with E-state index in [1.54, 1.807) is 0 Å². The van der Waals surface area contributed by atoms with Gasteiger partial charge >= 0.3 is 11.9 Å². The molecule has 0 fully saturated rings. The van der Waals surface area contributed by atoms with Crippen molar-refractivity contribution in [1.82, 2.24) is 0 Å². The van der Waals surface area contributed by atoms with Gasteiger partial charge < -0.3 is 27.9 Å². The number of phosphoric ester groups is 1. The summed E-state index contributed by atoms with van der Waals surface area (Å²) in [6, 6.07) is 0. The molecule has 0 amide bonds. The lowest BCUT2D eigenvalue weighted by Crippen LogP contribution is -2.37. The molecule has 0 N–H and O–H groups in total. The fourth-order valence-corrected chi connectivity index (χ4v) is 4.57. The van der Waals surface area contributed by atoms with Crippen molar-refractivity contribution in [3.63, 3.8) is 0 Å². The van der Waals surface area contributed by atoms with Crippen molar-refractivity contribution in [2.75, 3.05) is 47.5 Å². The molecular formula is C34H60NO8P. The van der Waals surface area contributed by atoms with Gasteiger partial charge in [0.05, 0.1) is 27.7 Å². The maximum absolute atomic E-state index is 12.5. The first-order valence-corrected chi connectivity index (χ1v) is 17.9. The molecule has 0 radical (unpaired) electrons. The van der Waals surface area contributed by atoms with Crippen molar-refractivity contribution in [3.05, 3.63) is 48.6 Å². The summed E-state index contributed by atoms with van der Waals surface area (Å²) in [4.78, 5) is 37.0. The molecule has 0 spiro atoms. The van der Waals surface area contributed by atoms with E-state index in [0.717, 1.165) is 51.4 Å². The standard InChI is InChI=1S/C34H60NO8P/c1-6-8-10-12-14-15-16-17-18-19-21-23-25-27-34(37)43-32(31-42-44(38,39)41-29-28-35(3,4)5)30-40-33(36)26-24-22-20-13-11-9-7-2/h8,10,12,14-18,32H,6-7,9,11,13,19-31H2,1-5H3/b10-8+,14-12+,16-15+,18-17+. The smallest absolute Gasteiger partial charge is 0.306 e. The van der Waals surface area contributed by atoms with E-state index in [1.165, 1.54) is 19.3 Å². The molecule has 0 aliphatic carbocycles. The van der Waals surface area contributed by atoms with Crippen LogP contribution >= 0.6 is 7.82 Å². The summed E-state index contributed by atoms with van der Waals surface area (Å²) in [7, 11) is 1.13. The summed E-state index contributed by atoms with van der Waals surface area (Å²) in [6.07, 6.45) is 27.4. The van der Waals surface area contributed by atoms with Crippen LogP contribution in [-0.2, 0) is 32.7 Å². The van der Waals surface area contributed by atoms with Gasteiger partial charge in [0.1, 0.15) is 19.8 Å². The Morgan fingerprint density at radius 2 is 1.30 bits per heavy atom. The molecule has 0 bridgehead atoms. The maximum atomic E-state index is 12.5. The number of esters is 2. The van der Waals surface area contributed by atoms with Crippen molar-refractivity contribution in [3.8, 4) is 0 Å². The molecule has 0 rings (SSSR count). The van der Waals surface area contributed by atoms with Gasteiger partial charge in [-0.05, 0) is 32.1 Å². The van der Waals surface area contributed by atoms with E-state index < -0.39 is 32.5 Å². The minimum absolute atomic E-state index is 0.0403. The highest BCUT2D eigenvalue weighted by molar-refractivity contribution is 7.45. The monoisotopic (exact) mass is 641 g/mol. The van der Waals surface area contributed by atoms with Crippen LogP contribution in [0.15, 0.2) is 48.6 Å². The highest BCUT2D eigenvalue weighted by Gasteiger charge is 2.21. The van der Waals surface area contributed by atoms with Crippen LogP contribution in [0.3, 0.4) is 0 Å². The first kappa shape index (κ1) is 42.0. The van der Waals surface area contributed by atoms with Crippen LogP contribution in [0.25, 0.3) is 0 Å². The first-order chi connectivity index (χ1) is 21.0. The molecule has 0 saturated carbocycles. The second-order valence-corrected chi connectivity index (χ2v) is 13.3. The molecule has 2 unspecified atom stereocenters. The Bertz CT molecular complexity index is 907. The molecule has 0 aromatic carbocycles. The lowest BCUT2D eigenvalue weighted by atomic mass is 10.1. The zero-order valence-electron chi connectivity index (χ0n) is 28.1. The van der Waals surface area contributed by atoms with E-state index >= 15 is 0 Å². The number of carbonyl (C=O) groups excluding carboxylic acids is 2. The van der Waals surface area contributed by atoms with Crippen LogP contribution in [0.1, 0.15) is 104 Å². The topological polar surface area (TPSA) is 111 Å². The average Bonchev–Trinajstić information content (AvgIpc) is 2.95. The number of phosphoric acid groups is 1. The number of carbonyl (C=O) groups is 2. The summed E-state index contributed by atoms with van der Waals surface area (Å²) in [5, 5.41) is 0. The van der Waals surface area contributed by atoms with E-state index in [-0.39, 0.29) is 26.1 Å². The van der Waals surface area contributed by atoms with E-state index in [1.807, 2.05) is 57.6 Å². The fraction of sp³-hybridized carbons (Fsp3) is 0.706. The van der Waals surface area contributed by atoms with Gasteiger partial charge in [-0.25, -0.2) is 0 Å². The van der Waals surface area contributed by atoms with E-state index in [4.69, 9.17) is 18.5 Å². The van der Waals surface area contributed by atoms with Gasteiger partial charge in [-0.15, -0.1) is 0 Å². The molecule has 0 saturated heterocycles. The lowest BCUT2D eigenvalue weighted by Gasteiger charge is -2.28. The molecule has 254 valence electrons. The number of nitrogens with zero attached hydrogens (tertiary/aromatic N) is 1. The number of hydrogen-bond acceptors (Lipinski definition) is 8. The van der Waals surface area contributed by atoms with Crippen LogP contribution in [0.4, 0.5) is 0 Å². The van der Waals surface area contributed by atoms with Gasteiger partial charge in [0.25, 0.3) is 7.82 Å². The second-order valence-electron chi connectivity index (χ2n) is 11.9. The van der Waals surface area contributed by atoms with Gasteiger partial charge in [0, 0.05) is 12.8 Å². The largest absolute Gasteiger partial charge is 0.756 e. The Morgan fingerprint density at radius 1 is 0.727 bits per heavy atom. The second kappa shape index (κ2) is 27.3. The lowest BCUT2D eigenvalue weighted by molar-refractivity contribution is -0.870. The van der Waals surface area contributed by atoms with Gasteiger partial charge in [-0.1, -0.05) is 107 Å². The molecule has 44 heavy (non-hydrogen) atoms. The van der Waals surface area contributed by atoms with Crippen LogP contribution in [0.5, 0.6) is 0 Å². The average molecular weight is 642 g/mol.